The number of rotatable bonds is 26. The Balaban J connectivity index is 0.000000387. The van der Waals surface area contributed by atoms with Crippen LogP contribution in [0, 0.1) is 0 Å². The standard InChI is InChI=1S/2C24H36O3S.Ca/c2*1-3-5-7-9-11-13-20-15-16-23-22(17-20)18-21(14-12-10-8-6-4-2)19-24(23)28(25,26)27;/h2*15-19H,3-14H2,1-2H3,(H,25,26,27);/q;;+2/p-2. The van der Waals surface area contributed by atoms with Crippen molar-refractivity contribution in [3.05, 3.63) is 82.9 Å². The molecule has 4 aromatic carbocycles. The molecule has 9 heteroatoms. The van der Waals surface area contributed by atoms with Crippen LogP contribution in [0.5, 0.6) is 0 Å². The maximum Gasteiger partial charge on any atom is 2.00 e. The van der Waals surface area contributed by atoms with Gasteiger partial charge in [-0.1, -0.05) is 179 Å². The van der Waals surface area contributed by atoms with Crippen molar-refractivity contribution in [1.29, 1.82) is 0 Å². The van der Waals surface area contributed by atoms with Crippen molar-refractivity contribution in [3.8, 4) is 0 Å². The Hall–Kier alpha value is -1.52. The van der Waals surface area contributed by atoms with E-state index in [9.17, 15) is 25.9 Å². The Morgan fingerprint density at radius 1 is 0.368 bits per heavy atom. The zero-order valence-corrected chi connectivity index (χ0v) is 39.6. The molecule has 0 aliphatic rings. The number of hydrogen-bond acceptors (Lipinski definition) is 6. The van der Waals surface area contributed by atoms with Crippen LogP contribution in [-0.2, 0) is 45.9 Å². The number of benzene rings is 4. The topological polar surface area (TPSA) is 114 Å². The molecule has 57 heavy (non-hydrogen) atoms. The number of aryl methyl sites for hydroxylation is 4. The second-order valence-electron chi connectivity index (χ2n) is 15.9. The summed E-state index contributed by atoms with van der Waals surface area (Å²) in [6, 6.07) is 19.1. The molecule has 312 valence electrons. The molecule has 0 spiro atoms. The van der Waals surface area contributed by atoms with Gasteiger partial charge in [-0.05, 0) is 107 Å². The van der Waals surface area contributed by atoms with Gasteiger partial charge in [0.05, 0.1) is 9.79 Å². The molecule has 0 aliphatic heterocycles. The van der Waals surface area contributed by atoms with Gasteiger partial charge in [0.25, 0.3) is 0 Å². The van der Waals surface area contributed by atoms with E-state index >= 15 is 0 Å². The molecular formula is C48H70CaO6S2. The molecule has 0 saturated carbocycles. The third-order valence-corrected chi connectivity index (χ3v) is 12.6. The van der Waals surface area contributed by atoms with Crippen molar-refractivity contribution in [1.82, 2.24) is 0 Å². The molecule has 0 aliphatic carbocycles. The van der Waals surface area contributed by atoms with Crippen molar-refractivity contribution >= 4 is 79.5 Å². The van der Waals surface area contributed by atoms with Gasteiger partial charge in [0.1, 0.15) is 20.2 Å². The Kier molecular flexibility index (Phi) is 25.4. The van der Waals surface area contributed by atoms with Crippen molar-refractivity contribution in [2.45, 2.75) is 192 Å². The predicted octanol–water partition coefficient (Wildman–Crippen LogP) is 13.2. The zero-order valence-electron chi connectivity index (χ0n) is 35.7. The second kappa shape index (κ2) is 28.1. The molecule has 0 fully saturated rings. The van der Waals surface area contributed by atoms with E-state index in [2.05, 4.69) is 52.0 Å². The minimum absolute atomic E-state index is 0. The Labute approximate surface area is 376 Å². The van der Waals surface area contributed by atoms with E-state index < -0.39 is 20.2 Å². The van der Waals surface area contributed by atoms with Crippen LogP contribution in [0.3, 0.4) is 0 Å². The summed E-state index contributed by atoms with van der Waals surface area (Å²) in [4.78, 5) is -0.133. The Morgan fingerprint density at radius 2 is 0.632 bits per heavy atom. The third kappa shape index (κ3) is 19.2. The average molecular weight is 847 g/mol. The number of fused-ring (bicyclic) bond motifs is 2. The Morgan fingerprint density at radius 3 is 0.912 bits per heavy atom. The van der Waals surface area contributed by atoms with Gasteiger partial charge in [0.15, 0.2) is 0 Å². The van der Waals surface area contributed by atoms with E-state index in [1.165, 1.54) is 101 Å². The van der Waals surface area contributed by atoms with Crippen LogP contribution in [0.1, 0.15) is 178 Å². The molecule has 0 N–H and O–H groups in total. The van der Waals surface area contributed by atoms with Gasteiger partial charge in [-0.25, -0.2) is 16.8 Å². The van der Waals surface area contributed by atoms with Crippen LogP contribution < -0.4 is 0 Å². The number of unbranched alkanes of at least 4 members (excludes halogenated alkanes) is 16. The van der Waals surface area contributed by atoms with Gasteiger partial charge in [-0.2, -0.15) is 0 Å². The van der Waals surface area contributed by atoms with Crippen LogP contribution >= 0.6 is 0 Å². The van der Waals surface area contributed by atoms with E-state index in [-0.39, 0.29) is 47.5 Å². The summed E-state index contributed by atoms with van der Waals surface area (Å²) in [5, 5.41) is 2.87. The maximum absolute atomic E-state index is 11.8. The molecule has 0 unspecified atom stereocenters. The van der Waals surface area contributed by atoms with Crippen LogP contribution in [0.15, 0.2) is 70.5 Å². The summed E-state index contributed by atoms with van der Waals surface area (Å²) in [6.07, 6.45) is 27.6. The van der Waals surface area contributed by atoms with Gasteiger partial charge in [0.2, 0.25) is 0 Å². The maximum atomic E-state index is 11.8. The molecule has 0 amide bonds. The molecule has 0 saturated heterocycles. The fourth-order valence-corrected chi connectivity index (χ4v) is 9.13. The minimum Gasteiger partial charge on any atom is -0.744 e. The molecule has 0 atom stereocenters. The van der Waals surface area contributed by atoms with Crippen molar-refractivity contribution in [2.75, 3.05) is 0 Å². The van der Waals surface area contributed by atoms with Crippen LogP contribution in [0.25, 0.3) is 21.5 Å². The predicted molar refractivity (Wildman–Crippen MR) is 239 cm³/mol. The molecule has 0 radical (unpaired) electrons. The first kappa shape index (κ1) is 51.6. The van der Waals surface area contributed by atoms with E-state index in [0.717, 1.165) is 86.1 Å². The summed E-state index contributed by atoms with van der Waals surface area (Å²) in [5.74, 6) is 0. The van der Waals surface area contributed by atoms with Crippen LogP contribution in [0.2, 0.25) is 0 Å². The van der Waals surface area contributed by atoms with Gasteiger partial charge < -0.3 is 9.11 Å². The van der Waals surface area contributed by atoms with Crippen LogP contribution in [0.4, 0.5) is 0 Å². The zero-order chi connectivity index (χ0) is 40.8. The fraction of sp³-hybridized carbons (Fsp3) is 0.583. The molecule has 0 aromatic heterocycles. The van der Waals surface area contributed by atoms with Gasteiger partial charge in [-0.3, -0.25) is 0 Å². The van der Waals surface area contributed by atoms with Gasteiger partial charge >= 0.3 is 37.7 Å². The second-order valence-corrected chi connectivity index (χ2v) is 18.6. The summed E-state index contributed by atoms with van der Waals surface area (Å²) < 4.78 is 70.9. The van der Waals surface area contributed by atoms with Gasteiger partial charge in [0, 0.05) is 0 Å². The normalized spacial score (nSPS) is 11.8. The average Bonchev–Trinajstić information content (AvgIpc) is 3.16. The first-order chi connectivity index (χ1) is 26.9. The first-order valence-electron chi connectivity index (χ1n) is 21.9. The summed E-state index contributed by atoms with van der Waals surface area (Å²) in [6.45, 7) is 8.81. The monoisotopic (exact) mass is 846 g/mol. The van der Waals surface area contributed by atoms with Gasteiger partial charge in [-0.15, -0.1) is 0 Å². The quantitative estimate of drug-likeness (QED) is 0.0353. The van der Waals surface area contributed by atoms with E-state index in [1.807, 2.05) is 24.3 Å². The fourth-order valence-electron chi connectivity index (χ4n) is 7.63. The molecule has 0 heterocycles. The van der Waals surface area contributed by atoms with Crippen molar-refractivity contribution < 1.29 is 25.9 Å². The molecule has 6 nitrogen and oxygen atoms in total. The Bertz CT molecular complexity index is 1820. The smallest absolute Gasteiger partial charge is 0.744 e. The SMILES string of the molecule is CCCCCCCc1ccc2c(S(=O)(=O)[O-])cc(CCCCCCC)cc2c1.CCCCCCCc1ccc2c(S(=O)(=O)[O-])cc(CCCCCCC)cc2c1.[Ca+2]. The number of hydrogen-bond donors (Lipinski definition) is 0. The van der Waals surface area contributed by atoms with E-state index in [4.69, 9.17) is 0 Å². The third-order valence-electron chi connectivity index (χ3n) is 10.9. The minimum atomic E-state index is -4.48. The summed E-state index contributed by atoms with van der Waals surface area (Å²) in [7, 11) is -8.96. The largest absolute Gasteiger partial charge is 2.00 e. The van der Waals surface area contributed by atoms with Crippen LogP contribution in [-0.4, -0.2) is 63.7 Å². The summed E-state index contributed by atoms with van der Waals surface area (Å²) in [5.41, 5.74) is 4.36. The molecule has 4 rings (SSSR count). The van der Waals surface area contributed by atoms with E-state index in [0.29, 0.717) is 10.8 Å². The van der Waals surface area contributed by atoms with E-state index in [1.54, 1.807) is 12.1 Å². The molecular weight excluding hydrogens is 777 g/mol. The first-order valence-corrected chi connectivity index (χ1v) is 24.8. The molecule has 4 aromatic rings. The van der Waals surface area contributed by atoms with Crippen molar-refractivity contribution in [3.63, 3.8) is 0 Å². The summed E-state index contributed by atoms with van der Waals surface area (Å²) >= 11 is 0. The molecule has 0 bridgehead atoms. The van der Waals surface area contributed by atoms with Crippen molar-refractivity contribution in [2.24, 2.45) is 0 Å².